The van der Waals surface area contributed by atoms with Crippen molar-refractivity contribution in [2.75, 3.05) is 0 Å². The Hall–Kier alpha value is -2.08. The van der Waals surface area contributed by atoms with Crippen LogP contribution >= 0.6 is 0 Å². The first kappa shape index (κ1) is 12.0. The molecule has 19 heavy (non-hydrogen) atoms. The Morgan fingerprint density at radius 3 is 2.21 bits per heavy atom. The summed E-state index contributed by atoms with van der Waals surface area (Å²) < 4.78 is 0. The summed E-state index contributed by atoms with van der Waals surface area (Å²) in [6, 6.07) is 19.4. The van der Waals surface area contributed by atoms with Crippen LogP contribution in [0.25, 0.3) is 5.57 Å². The molecular formula is C19H18. The average molecular weight is 246 g/mol. The SMILES string of the molecule is CC1=C(c2ccccc2C)C(c2ccccc2)C=C1. The lowest BCUT2D eigenvalue weighted by Gasteiger charge is -2.17. The Morgan fingerprint density at radius 1 is 0.789 bits per heavy atom. The largest absolute Gasteiger partial charge is 0.0723 e. The molecule has 1 unspecified atom stereocenters. The first-order valence-electron chi connectivity index (χ1n) is 6.77. The topological polar surface area (TPSA) is 0 Å². The Bertz CT molecular complexity index is 645. The van der Waals surface area contributed by atoms with Gasteiger partial charge in [0.05, 0.1) is 0 Å². The van der Waals surface area contributed by atoms with Crippen LogP contribution in [-0.2, 0) is 0 Å². The van der Waals surface area contributed by atoms with Gasteiger partial charge in [-0.1, -0.05) is 66.7 Å². The Kier molecular flexibility index (Phi) is 3.08. The van der Waals surface area contributed by atoms with Crippen molar-refractivity contribution >= 4 is 5.57 Å². The third-order valence-electron chi connectivity index (χ3n) is 3.87. The number of benzene rings is 2. The molecule has 1 atom stereocenters. The van der Waals surface area contributed by atoms with Gasteiger partial charge in [0, 0.05) is 5.92 Å². The molecule has 1 aliphatic rings. The van der Waals surface area contributed by atoms with Crippen LogP contribution in [0.4, 0.5) is 0 Å². The molecular weight excluding hydrogens is 228 g/mol. The van der Waals surface area contributed by atoms with E-state index < -0.39 is 0 Å². The molecule has 0 aliphatic heterocycles. The van der Waals surface area contributed by atoms with E-state index in [0.29, 0.717) is 5.92 Å². The monoisotopic (exact) mass is 246 g/mol. The van der Waals surface area contributed by atoms with Crippen LogP contribution < -0.4 is 0 Å². The predicted molar refractivity (Wildman–Crippen MR) is 82.1 cm³/mol. The molecule has 0 saturated carbocycles. The average Bonchev–Trinajstić information content (AvgIpc) is 2.82. The number of aryl methyl sites for hydroxylation is 1. The fourth-order valence-electron chi connectivity index (χ4n) is 2.87. The molecule has 0 spiro atoms. The lowest BCUT2D eigenvalue weighted by Crippen LogP contribution is -1.99. The third-order valence-corrected chi connectivity index (χ3v) is 3.87. The summed E-state index contributed by atoms with van der Waals surface area (Å²) in [4.78, 5) is 0. The molecule has 0 heteroatoms. The molecule has 0 fully saturated rings. The molecule has 0 saturated heterocycles. The molecule has 0 amide bonds. The third kappa shape index (κ3) is 2.15. The van der Waals surface area contributed by atoms with E-state index in [-0.39, 0.29) is 0 Å². The van der Waals surface area contributed by atoms with Gasteiger partial charge in [0.15, 0.2) is 0 Å². The number of hydrogen-bond donors (Lipinski definition) is 0. The molecule has 0 aromatic heterocycles. The Balaban J connectivity index is 2.10. The predicted octanol–water partition coefficient (Wildman–Crippen LogP) is 5.12. The highest BCUT2D eigenvalue weighted by Crippen LogP contribution is 2.41. The van der Waals surface area contributed by atoms with Crippen molar-refractivity contribution in [1.82, 2.24) is 0 Å². The second-order valence-electron chi connectivity index (χ2n) is 5.16. The van der Waals surface area contributed by atoms with Crippen molar-refractivity contribution in [3.8, 4) is 0 Å². The van der Waals surface area contributed by atoms with E-state index in [1.54, 1.807) is 0 Å². The second-order valence-corrected chi connectivity index (χ2v) is 5.16. The molecule has 0 nitrogen and oxygen atoms in total. The quantitative estimate of drug-likeness (QED) is 0.689. The van der Waals surface area contributed by atoms with Crippen LogP contribution in [0.3, 0.4) is 0 Å². The smallest absolute Gasteiger partial charge is 0.0281 e. The lowest BCUT2D eigenvalue weighted by molar-refractivity contribution is 1.11. The van der Waals surface area contributed by atoms with Gasteiger partial charge in [-0.25, -0.2) is 0 Å². The molecule has 3 rings (SSSR count). The summed E-state index contributed by atoms with van der Waals surface area (Å²) in [5, 5.41) is 0. The first-order chi connectivity index (χ1) is 9.27. The maximum atomic E-state index is 2.31. The van der Waals surface area contributed by atoms with E-state index in [2.05, 4.69) is 80.6 Å². The number of rotatable bonds is 2. The molecule has 0 N–H and O–H groups in total. The van der Waals surface area contributed by atoms with E-state index in [4.69, 9.17) is 0 Å². The van der Waals surface area contributed by atoms with Crippen molar-refractivity contribution in [1.29, 1.82) is 0 Å². The van der Waals surface area contributed by atoms with Crippen LogP contribution in [0.15, 0.2) is 72.3 Å². The van der Waals surface area contributed by atoms with Crippen molar-refractivity contribution in [2.24, 2.45) is 0 Å². The summed E-state index contributed by atoms with van der Waals surface area (Å²) >= 11 is 0. The van der Waals surface area contributed by atoms with E-state index in [9.17, 15) is 0 Å². The zero-order valence-electron chi connectivity index (χ0n) is 11.4. The number of allylic oxidation sites excluding steroid dienone is 4. The van der Waals surface area contributed by atoms with Gasteiger partial charge >= 0.3 is 0 Å². The molecule has 94 valence electrons. The van der Waals surface area contributed by atoms with Crippen LogP contribution in [0.1, 0.15) is 29.5 Å². The summed E-state index contributed by atoms with van der Waals surface area (Å²) in [5.74, 6) is 0.391. The fraction of sp³-hybridized carbons (Fsp3) is 0.158. The number of hydrogen-bond acceptors (Lipinski definition) is 0. The zero-order valence-corrected chi connectivity index (χ0v) is 11.4. The Morgan fingerprint density at radius 2 is 1.47 bits per heavy atom. The summed E-state index contributed by atoms with van der Waals surface area (Å²) in [6.07, 6.45) is 4.56. The fourth-order valence-corrected chi connectivity index (χ4v) is 2.87. The van der Waals surface area contributed by atoms with Crippen molar-refractivity contribution in [3.05, 3.63) is 89.0 Å². The van der Waals surface area contributed by atoms with E-state index in [1.165, 1.54) is 27.8 Å². The second kappa shape index (κ2) is 4.89. The van der Waals surface area contributed by atoms with Crippen molar-refractivity contribution < 1.29 is 0 Å². The zero-order chi connectivity index (χ0) is 13.2. The minimum absolute atomic E-state index is 0.391. The van der Waals surface area contributed by atoms with E-state index >= 15 is 0 Å². The van der Waals surface area contributed by atoms with Gasteiger partial charge in [-0.2, -0.15) is 0 Å². The highest BCUT2D eigenvalue weighted by atomic mass is 14.3. The first-order valence-corrected chi connectivity index (χ1v) is 6.77. The highest BCUT2D eigenvalue weighted by Gasteiger charge is 2.22. The molecule has 1 aliphatic carbocycles. The normalized spacial score (nSPS) is 18.1. The maximum Gasteiger partial charge on any atom is 0.0281 e. The molecule has 2 aromatic carbocycles. The molecule has 0 bridgehead atoms. The minimum atomic E-state index is 0.391. The van der Waals surface area contributed by atoms with Gasteiger partial charge in [0.1, 0.15) is 0 Å². The summed E-state index contributed by atoms with van der Waals surface area (Å²) in [7, 11) is 0. The van der Waals surface area contributed by atoms with E-state index in [0.717, 1.165) is 0 Å². The van der Waals surface area contributed by atoms with Gasteiger partial charge in [-0.15, -0.1) is 0 Å². The minimum Gasteiger partial charge on any atom is -0.0723 e. The van der Waals surface area contributed by atoms with Crippen LogP contribution in [-0.4, -0.2) is 0 Å². The summed E-state index contributed by atoms with van der Waals surface area (Å²) in [5.41, 5.74) is 6.92. The van der Waals surface area contributed by atoms with Gasteiger partial charge in [0.2, 0.25) is 0 Å². The Labute approximate surface area is 115 Å². The van der Waals surface area contributed by atoms with Gasteiger partial charge < -0.3 is 0 Å². The van der Waals surface area contributed by atoms with Crippen LogP contribution in [0, 0.1) is 6.92 Å². The standard InChI is InChI=1S/C19H18/c1-14-8-6-7-11-17(14)19-15(2)12-13-18(19)16-9-4-3-5-10-16/h3-13,18H,1-2H3. The van der Waals surface area contributed by atoms with Gasteiger partial charge in [-0.3, -0.25) is 0 Å². The van der Waals surface area contributed by atoms with Crippen molar-refractivity contribution in [2.45, 2.75) is 19.8 Å². The van der Waals surface area contributed by atoms with Crippen LogP contribution in [0.2, 0.25) is 0 Å². The molecule has 0 radical (unpaired) electrons. The molecule has 2 aromatic rings. The van der Waals surface area contributed by atoms with Crippen molar-refractivity contribution in [3.63, 3.8) is 0 Å². The van der Waals surface area contributed by atoms with E-state index in [1.807, 2.05) is 0 Å². The summed E-state index contributed by atoms with van der Waals surface area (Å²) in [6.45, 7) is 4.40. The maximum absolute atomic E-state index is 2.31. The van der Waals surface area contributed by atoms with Crippen LogP contribution in [0.5, 0.6) is 0 Å². The van der Waals surface area contributed by atoms with Gasteiger partial charge in [-0.05, 0) is 41.7 Å². The highest BCUT2D eigenvalue weighted by molar-refractivity contribution is 5.81. The van der Waals surface area contributed by atoms with Gasteiger partial charge in [0.25, 0.3) is 0 Å². The lowest BCUT2D eigenvalue weighted by atomic mass is 9.86. The molecule has 0 heterocycles.